The van der Waals surface area contributed by atoms with Crippen molar-refractivity contribution in [2.45, 2.75) is 25.4 Å². The number of nitrogens with zero attached hydrogens (tertiary/aromatic N) is 5. The van der Waals surface area contributed by atoms with E-state index in [1.165, 1.54) is 18.4 Å². The first-order valence-corrected chi connectivity index (χ1v) is 8.01. The maximum absolute atomic E-state index is 4.34. The lowest BCUT2D eigenvalue weighted by Crippen LogP contribution is -2.23. The van der Waals surface area contributed by atoms with E-state index in [-0.39, 0.29) is 0 Å². The molecular formula is C18H19N5. The molecule has 3 heterocycles. The predicted molar refractivity (Wildman–Crippen MR) is 88.0 cm³/mol. The Morgan fingerprint density at radius 1 is 1.09 bits per heavy atom. The average Bonchev–Trinajstić information content (AvgIpc) is 3.26. The highest BCUT2D eigenvalue weighted by Gasteiger charge is 2.26. The Bertz CT molecular complexity index is 753. The normalized spacial score (nSPS) is 18.3. The summed E-state index contributed by atoms with van der Waals surface area (Å²) in [5, 5.41) is 8.59. The summed E-state index contributed by atoms with van der Waals surface area (Å²) < 4.78 is 1.84. The standard InChI is InChI=1S/C18H19N5/c1-2-7-17(8-3-1)23-14-16(20-21-23)13-22-11-5-9-18(22)15-6-4-10-19-12-15/h1-4,6-8,10,12,14,18H,5,9,11,13H2. The minimum atomic E-state index is 0.436. The van der Waals surface area contributed by atoms with Gasteiger partial charge in [-0.3, -0.25) is 9.88 Å². The predicted octanol–water partition coefficient (Wildman–Crippen LogP) is 3.00. The highest BCUT2D eigenvalue weighted by atomic mass is 15.4. The van der Waals surface area contributed by atoms with Crippen LogP contribution in [0.2, 0.25) is 0 Å². The van der Waals surface area contributed by atoms with Crippen LogP contribution in [0.25, 0.3) is 5.69 Å². The van der Waals surface area contributed by atoms with Crippen molar-refractivity contribution < 1.29 is 0 Å². The van der Waals surface area contributed by atoms with Crippen molar-refractivity contribution in [3.8, 4) is 5.69 Å². The number of rotatable bonds is 4. The Hall–Kier alpha value is -2.53. The molecule has 0 bridgehead atoms. The van der Waals surface area contributed by atoms with Crippen molar-refractivity contribution in [2.24, 2.45) is 0 Å². The summed E-state index contributed by atoms with van der Waals surface area (Å²) in [5.41, 5.74) is 3.33. The van der Waals surface area contributed by atoms with Gasteiger partial charge in [0.1, 0.15) is 0 Å². The summed E-state index contributed by atoms with van der Waals surface area (Å²) in [6.07, 6.45) is 8.22. The summed E-state index contributed by atoms with van der Waals surface area (Å²) in [6.45, 7) is 1.92. The molecule has 116 valence electrons. The lowest BCUT2D eigenvalue weighted by Gasteiger charge is -2.23. The second-order valence-corrected chi connectivity index (χ2v) is 5.90. The van der Waals surface area contributed by atoms with Crippen LogP contribution < -0.4 is 0 Å². The average molecular weight is 305 g/mol. The maximum atomic E-state index is 4.34. The van der Waals surface area contributed by atoms with E-state index in [1.54, 1.807) is 0 Å². The molecule has 1 aliphatic rings. The number of pyridine rings is 1. The van der Waals surface area contributed by atoms with Gasteiger partial charge in [0.25, 0.3) is 0 Å². The van der Waals surface area contributed by atoms with Crippen LogP contribution in [0.15, 0.2) is 61.1 Å². The van der Waals surface area contributed by atoms with Crippen molar-refractivity contribution in [1.29, 1.82) is 0 Å². The first-order valence-electron chi connectivity index (χ1n) is 8.01. The molecule has 1 atom stereocenters. The van der Waals surface area contributed by atoms with E-state index in [0.29, 0.717) is 6.04 Å². The maximum Gasteiger partial charge on any atom is 0.0972 e. The molecular weight excluding hydrogens is 286 g/mol. The topological polar surface area (TPSA) is 46.8 Å². The molecule has 1 unspecified atom stereocenters. The van der Waals surface area contributed by atoms with Crippen molar-refractivity contribution in [3.05, 3.63) is 72.3 Å². The molecule has 1 aromatic carbocycles. The van der Waals surface area contributed by atoms with Crippen LogP contribution in [0.4, 0.5) is 0 Å². The third-order valence-corrected chi connectivity index (χ3v) is 4.36. The smallest absolute Gasteiger partial charge is 0.0972 e. The van der Waals surface area contributed by atoms with Crippen LogP contribution in [-0.2, 0) is 6.54 Å². The van der Waals surface area contributed by atoms with Crippen molar-refractivity contribution in [1.82, 2.24) is 24.9 Å². The molecule has 0 N–H and O–H groups in total. The molecule has 4 rings (SSSR count). The van der Waals surface area contributed by atoms with E-state index in [2.05, 4.69) is 26.3 Å². The second kappa shape index (κ2) is 6.30. The van der Waals surface area contributed by atoms with Gasteiger partial charge >= 0.3 is 0 Å². The van der Waals surface area contributed by atoms with Gasteiger partial charge in [0.05, 0.1) is 17.6 Å². The van der Waals surface area contributed by atoms with Crippen LogP contribution in [0.3, 0.4) is 0 Å². The van der Waals surface area contributed by atoms with E-state index in [4.69, 9.17) is 0 Å². The Morgan fingerprint density at radius 3 is 2.83 bits per heavy atom. The fraction of sp³-hybridized carbons (Fsp3) is 0.278. The summed E-state index contributed by atoms with van der Waals surface area (Å²) in [5.74, 6) is 0. The summed E-state index contributed by atoms with van der Waals surface area (Å²) >= 11 is 0. The number of benzene rings is 1. The molecule has 1 aliphatic heterocycles. The fourth-order valence-corrected chi connectivity index (χ4v) is 3.25. The highest BCUT2D eigenvalue weighted by molar-refractivity contribution is 5.30. The van der Waals surface area contributed by atoms with E-state index < -0.39 is 0 Å². The number of likely N-dealkylation sites (tertiary alicyclic amines) is 1. The molecule has 0 aliphatic carbocycles. The minimum absolute atomic E-state index is 0.436. The second-order valence-electron chi connectivity index (χ2n) is 5.90. The van der Waals surface area contributed by atoms with Gasteiger partial charge < -0.3 is 0 Å². The van der Waals surface area contributed by atoms with Gasteiger partial charge in [0, 0.05) is 25.0 Å². The number of para-hydroxylation sites is 1. The number of hydrogen-bond donors (Lipinski definition) is 0. The SMILES string of the molecule is c1ccc(-n2cc(CN3CCCC3c3cccnc3)nn2)cc1. The Balaban J connectivity index is 1.51. The summed E-state index contributed by atoms with van der Waals surface area (Å²) in [4.78, 5) is 6.72. The van der Waals surface area contributed by atoms with Gasteiger partial charge in [-0.05, 0) is 43.1 Å². The largest absolute Gasteiger partial charge is 0.290 e. The molecule has 23 heavy (non-hydrogen) atoms. The lowest BCUT2D eigenvalue weighted by atomic mass is 10.1. The molecule has 1 saturated heterocycles. The van der Waals surface area contributed by atoms with Gasteiger partial charge in [-0.25, -0.2) is 4.68 Å². The summed E-state index contributed by atoms with van der Waals surface area (Å²) in [6, 6.07) is 14.7. The van der Waals surface area contributed by atoms with Gasteiger partial charge in [-0.2, -0.15) is 0 Å². The summed E-state index contributed by atoms with van der Waals surface area (Å²) in [7, 11) is 0. The van der Waals surface area contributed by atoms with Gasteiger partial charge in [-0.15, -0.1) is 5.10 Å². The third-order valence-electron chi connectivity index (χ3n) is 4.36. The first kappa shape index (κ1) is 14.1. The van der Waals surface area contributed by atoms with E-state index in [1.807, 2.05) is 59.7 Å². The van der Waals surface area contributed by atoms with Gasteiger partial charge in [0.15, 0.2) is 0 Å². The van der Waals surface area contributed by atoms with Gasteiger partial charge in [-0.1, -0.05) is 29.5 Å². The molecule has 0 saturated carbocycles. The highest BCUT2D eigenvalue weighted by Crippen LogP contribution is 2.32. The van der Waals surface area contributed by atoms with Crippen molar-refractivity contribution >= 4 is 0 Å². The van der Waals surface area contributed by atoms with Crippen molar-refractivity contribution in [2.75, 3.05) is 6.54 Å². The van der Waals surface area contributed by atoms with Crippen LogP contribution in [0.1, 0.15) is 30.1 Å². The zero-order valence-corrected chi connectivity index (χ0v) is 12.9. The molecule has 0 radical (unpaired) electrons. The Labute approximate surface area is 135 Å². The van der Waals surface area contributed by atoms with Crippen LogP contribution in [0, 0.1) is 0 Å². The van der Waals surface area contributed by atoms with Crippen molar-refractivity contribution in [3.63, 3.8) is 0 Å². The van der Waals surface area contributed by atoms with E-state index in [9.17, 15) is 0 Å². The Kier molecular flexibility index (Phi) is 3.86. The molecule has 5 heteroatoms. The molecule has 2 aromatic heterocycles. The fourth-order valence-electron chi connectivity index (χ4n) is 3.25. The zero-order valence-electron chi connectivity index (χ0n) is 12.9. The number of hydrogen-bond acceptors (Lipinski definition) is 4. The third kappa shape index (κ3) is 3.00. The Morgan fingerprint density at radius 2 is 2.00 bits per heavy atom. The quantitative estimate of drug-likeness (QED) is 0.743. The molecule has 1 fully saturated rings. The van der Waals surface area contributed by atoms with E-state index in [0.717, 1.165) is 24.5 Å². The first-order chi connectivity index (χ1) is 11.4. The van der Waals surface area contributed by atoms with Crippen LogP contribution in [0.5, 0.6) is 0 Å². The van der Waals surface area contributed by atoms with E-state index >= 15 is 0 Å². The lowest BCUT2D eigenvalue weighted by molar-refractivity contribution is 0.245. The number of aromatic nitrogens is 4. The van der Waals surface area contributed by atoms with Crippen LogP contribution in [-0.4, -0.2) is 31.4 Å². The molecule has 0 amide bonds. The zero-order chi connectivity index (χ0) is 15.5. The molecule has 0 spiro atoms. The monoisotopic (exact) mass is 305 g/mol. The minimum Gasteiger partial charge on any atom is -0.290 e. The van der Waals surface area contributed by atoms with Gasteiger partial charge in [0.2, 0.25) is 0 Å². The molecule has 5 nitrogen and oxygen atoms in total. The molecule has 3 aromatic rings. The van der Waals surface area contributed by atoms with Crippen LogP contribution >= 0.6 is 0 Å².